The van der Waals surface area contributed by atoms with Gasteiger partial charge >= 0.3 is 0 Å². The average molecular weight is 275 g/mol. The van der Waals surface area contributed by atoms with Crippen molar-refractivity contribution in [2.45, 2.75) is 19.9 Å². The number of hydrogen-bond donors (Lipinski definition) is 2. The Balaban J connectivity index is 2.86. The predicted molar refractivity (Wildman–Crippen MR) is 65.9 cm³/mol. The van der Waals surface area contributed by atoms with Gasteiger partial charge in [-0.1, -0.05) is 13.8 Å². The molecule has 0 aromatic carbocycles. The molecule has 4 nitrogen and oxygen atoms in total. The first-order valence-corrected chi connectivity index (χ1v) is 6.11. The van der Waals surface area contributed by atoms with Crippen LogP contribution in [-0.2, 0) is 0 Å². The van der Waals surface area contributed by atoms with Gasteiger partial charge in [0.25, 0.3) is 0 Å². The summed E-state index contributed by atoms with van der Waals surface area (Å²) >= 11 is 3.47. The first kappa shape index (κ1) is 12.7. The third-order valence-electron chi connectivity index (χ3n) is 2.60. The highest BCUT2D eigenvalue weighted by Gasteiger charge is 2.20. The summed E-state index contributed by atoms with van der Waals surface area (Å²) < 4.78 is 0.912. The molecular weight excluding hydrogens is 256 g/mol. The SMILES string of the molecule is CCN(CC)C(CNC)c1[nH]cnc1Br. The first-order valence-electron chi connectivity index (χ1n) is 5.31. The Morgan fingerprint density at radius 3 is 2.60 bits per heavy atom. The zero-order valence-electron chi connectivity index (χ0n) is 9.55. The van der Waals surface area contributed by atoms with Gasteiger partial charge < -0.3 is 10.3 Å². The Bertz CT molecular complexity index is 283. The molecule has 1 unspecified atom stereocenters. The predicted octanol–water partition coefficient (Wildman–Crippen LogP) is 1.77. The van der Waals surface area contributed by atoms with Crippen molar-refractivity contribution >= 4 is 15.9 Å². The van der Waals surface area contributed by atoms with Gasteiger partial charge in [0, 0.05) is 6.54 Å². The van der Waals surface area contributed by atoms with Gasteiger partial charge in [-0.05, 0) is 36.1 Å². The number of rotatable bonds is 6. The first-order chi connectivity index (χ1) is 7.24. The molecule has 0 fully saturated rings. The minimum absolute atomic E-state index is 0.349. The number of halogens is 1. The molecule has 1 heterocycles. The van der Waals surface area contributed by atoms with Crippen LogP contribution < -0.4 is 5.32 Å². The summed E-state index contributed by atoms with van der Waals surface area (Å²) in [5.41, 5.74) is 1.15. The van der Waals surface area contributed by atoms with Crippen LogP contribution >= 0.6 is 15.9 Å². The maximum Gasteiger partial charge on any atom is 0.128 e. The Morgan fingerprint density at radius 2 is 2.20 bits per heavy atom. The third-order valence-corrected chi connectivity index (χ3v) is 3.24. The van der Waals surface area contributed by atoms with E-state index in [0.717, 1.165) is 29.9 Å². The molecule has 0 radical (unpaired) electrons. The fraction of sp³-hybridized carbons (Fsp3) is 0.700. The lowest BCUT2D eigenvalue weighted by Crippen LogP contribution is -2.35. The van der Waals surface area contributed by atoms with Crippen LogP contribution in [0.1, 0.15) is 25.6 Å². The van der Waals surface area contributed by atoms with Crippen molar-refractivity contribution in [1.29, 1.82) is 0 Å². The lowest BCUT2D eigenvalue weighted by molar-refractivity contribution is 0.212. The summed E-state index contributed by atoms with van der Waals surface area (Å²) in [7, 11) is 1.97. The topological polar surface area (TPSA) is 44.0 Å². The van der Waals surface area contributed by atoms with E-state index in [1.165, 1.54) is 0 Å². The molecule has 86 valence electrons. The molecule has 0 spiro atoms. The lowest BCUT2D eigenvalue weighted by Gasteiger charge is -2.28. The fourth-order valence-corrected chi connectivity index (χ4v) is 2.27. The molecule has 2 N–H and O–H groups in total. The molecule has 0 saturated heterocycles. The number of H-pyrrole nitrogens is 1. The minimum atomic E-state index is 0.349. The quantitative estimate of drug-likeness (QED) is 0.831. The van der Waals surface area contributed by atoms with Crippen LogP contribution in [0.2, 0.25) is 0 Å². The average Bonchev–Trinajstić information content (AvgIpc) is 2.65. The highest BCUT2D eigenvalue weighted by atomic mass is 79.9. The second-order valence-electron chi connectivity index (χ2n) is 3.40. The highest BCUT2D eigenvalue weighted by molar-refractivity contribution is 9.10. The maximum atomic E-state index is 4.18. The second-order valence-corrected chi connectivity index (χ2v) is 4.15. The molecule has 0 amide bonds. The summed E-state index contributed by atoms with van der Waals surface area (Å²) in [6.45, 7) is 7.35. The van der Waals surface area contributed by atoms with Gasteiger partial charge in [0.2, 0.25) is 0 Å². The monoisotopic (exact) mass is 274 g/mol. The molecule has 1 aromatic heterocycles. The summed E-state index contributed by atoms with van der Waals surface area (Å²) in [6.07, 6.45) is 1.73. The lowest BCUT2D eigenvalue weighted by atomic mass is 10.2. The highest BCUT2D eigenvalue weighted by Crippen LogP contribution is 2.23. The molecule has 0 bridgehead atoms. The van der Waals surface area contributed by atoms with E-state index >= 15 is 0 Å². The Kier molecular flexibility index (Phi) is 5.28. The number of likely N-dealkylation sites (N-methyl/N-ethyl adjacent to an activating group) is 2. The summed E-state index contributed by atoms with van der Waals surface area (Å²) in [5, 5.41) is 3.22. The van der Waals surface area contributed by atoms with Crippen molar-refractivity contribution in [2.75, 3.05) is 26.7 Å². The van der Waals surface area contributed by atoms with Gasteiger partial charge in [0.1, 0.15) is 4.60 Å². The van der Waals surface area contributed by atoms with Crippen molar-refractivity contribution in [3.05, 3.63) is 16.6 Å². The van der Waals surface area contributed by atoms with Crippen LogP contribution in [0.25, 0.3) is 0 Å². The van der Waals surface area contributed by atoms with E-state index in [4.69, 9.17) is 0 Å². The van der Waals surface area contributed by atoms with Crippen LogP contribution in [-0.4, -0.2) is 41.5 Å². The number of nitrogens with zero attached hydrogens (tertiary/aromatic N) is 2. The van der Waals surface area contributed by atoms with Gasteiger partial charge in [-0.3, -0.25) is 4.90 Å². The Labute approximate surface area is 99.6 Å². The molecule has 0 aliphatic carbocycles. The van der Waals surface area contributed by atoms with E-state index in [1.807, 2.05) is 7.05 Å². The van der Waals surface area contributed by atoms with Crippen molar-refractivity contribution in [3.8, 4) is 0 Å². The molecule has 1 atom stereocenters. The van der Waals surface area contributed by atoms with Crippen molar-refractivity contribution < 1.29 is 0 Å². The maximum absolute atomic E-state index is 4.18. The van der Waals surface area contributed by atoms with Gasteiger partial charge in [-0.15, -0.1) is 0 Å². The fourth-order valence-electron chi connectivity index (χ4n) is 1.79. The number of imidazole rings is 1. The Hall–Kier alpha value is -0.390. The minimum Gasteiger partial charge on any atom is -0.346 e. The van der Waals surface area contributed by atoms with Crippen LogP contribution in [0.15, 0.2) is 10.9 Å². The van der Waals surface area contributed by atoms with E-state index in [1.54, 1.807) is 6.33 Å². The number of aromatic amines is 1. The number of aromatic nitrogens is 2. The van der Waals surface area contributed by atoms with E-state index in [2.05, 4.69) is 50.0 Å². The molecule has 0 aliphatic heterocycles. The van der Waals surface area contributed by atoms with Crippen molar-refractivity contribution in [2.24, 2.45) is 0 Å². The van der Waals surface area contributed by atoms with E-state index in [-0.39, 0.29) is 0 Å². The van der Waals surface area contributed by atoms with Crippen LogP contribution in [0, 0.1) is 0 Å². The van der Waals surface area contributed by atoms with Crippen molar-refractivity contribution in [1.82, 2.24) is 20.2 Å². The zero-order valence-corrected chi connectivity index (χ0v) is 11.1. The van der Waals surface area contributed by atoms with Crippen LogP contribution in [0.3, 0.4) is 0 Å². The zero-order chi connectivity index (χ0) is 11.3. The molecule has 0 aliphatic rings. The second kappa shape index (κ2) is 6.25. The van der Waals surface area contributed by atoms with Crippen LogP contribution in [0.4, 0.5) is 0 Å². The molecule has 1 aromatic rings. The summed E-state index contributed by atoms with van der Waals surface area (Å²) in [5.74, 6) is 0. The van der Waals surface area contributed by atoms with Crippen molar-refractivity contribution in [3.63, 3.8) is 0 Å². The summed E-state index contributed by atoms with van der Waals surface area (Å²) in [4.78, 5) is 9.77. The number of hydrogen-bond acceptors (Lipinski definition) is 3. The standard InChI is InChI=1S/C10H19BrN4/c1-4-15(5-2)8(6-12-3)9-10(11)14-7-13-9/h7-8,12H,4-6H2,1-3H3,(H,13,14). The van der Waals surface area contributed by atoms with Gasteiger partial charge in [-0.25, -0.2) is 4.98 Å². The third kappa shape index (κ3) is 3.03. The molecular formula is C10H19BrN4. The summed E-state index contributed by atoms with van der Waals surface area (Å²) in [6, 6.07) is 0.349. The van der Waals surface area contributed by atoms with E-state index < -0.39 is 0 Å². The van der Waals surface area contributed by atoms with Crippen LogP contribution in [0.5, 0.6) is 0 Å². The van der Waals surface area contributed by atoms with Gasteiger partial charge in [0.05, 0.1) is 18.1 Å². The van der Waals surface area contributed by atoms with Gasteiger partial charge in [0.15, 0.2) is 0 Å². The van der Waals surface area contributed by atoms with E-state index in [9.17, 15) is 0 Å². The normalized spacial score (nSPS) is 13.4. The molecule has 5 heteroatoms. The molecule has 0 saturated carbocycles. The van der Waals surface area contributed by atoms with Gasteiger partial charge in [-0.2, -0.15) is 0 Å². The largest absolute Gasteiger partial charge is 0.346 e. The Morgan fingerprint density at radius 1 is 1.53 bits per heavy atom. The smallest absolute Gasteiger partial charge is 0.128 e. The van der Waals surface area contributed by atoms with E-state index in [0.29, 0.717) is 6.04 Å². The molecule has 15 heavy (non-hydrogen) atoms. The molecule has 1 rings (SSSR count). The number of nitrogens with one attached hydrogen (secondary N) is 2.